The number of β-lactam (4-membered cyclic amide) rings is 1. The third-order valence-electron chi connectivity index (χ3n) is 6.73. The Hall–Kier alpha value is -4.77. The molecule has 3 aromatic carbocycles. The molecule has 10 nitrogen and oxygen atoms in total. The number of aliphatic hydroxyl groups excluding tert-OH is 1. The Labute approximate surface area is 235 Å². The van der Waals surface area contributed by atoms with Crippen LogP contribution in [0.25, 0.3) is 0 Å². The Morgan fingerprint density at radius 2 is 1.56 bits per heavy atom. The number of carbonyl (C=O) groups is 4. The number of rotatable bonds is 13. The quantitative estimate of drug-likeness (QED) is 0.234. The van der Waals surface area contributed by atoms with Crippen molar-refractivity contribution in [1.82, 2.24) is 10.6 Å². The molecule has 0 spiro atoms. The molecule has 1 heterocycles. The van der Waals surface area contributed by atoms with Gasteiger partial charge in [-0.25, -0.2) is 4.39 Å². The number of carbonyl (C=O) groups excluding carboxylic acids is 3. The third kappa shape index (κ3) is 7.67. The maximum absolute atomic E-state index is 13.3. The van der Waals surface area contributed by atoms with E-state index in [-0.39, 0.29) is 36.8 Å². The van der Waals surface area contributed by atoms with Gasteiger partial charge in [0, 0.05) is 5.69 Å². The van der Waals surface area contributed by atoms with Crippen LogP contribution in [0.1, 0.15) is 36.1 Å². The van der Waals surface area contributed by atoms with Crippen LogP contribution >= 0.6 is 0 Å². The van der Waals surface area contributed by atoms with Gasteiger partial charge in [0.1, 0.15) is 18.1 Å². The van der Waals surface area contributed by atoms with Crippen molar-refractivity contribution >= 4 is 29.4 Å². The summed E-state index contributed by atoms with van der Waals surface area (Å²) in [6.07, 6.45) is -0.0877. The number of halogens is 1. The van der Waals surface area contributed by atoms with Crippen LogP contribution in [0.4, 0.5) is 10.1 Å². The number of carboxylic acids is 1. The molecule has 214 valence electrons. The number of aliphatic carboxylic acids is 1. The summed E-state index contributed by atoms with van der Waals surface area (Å²) in [7, 11) is 0. The summed E-state index contributed by atoms with van der Waals surface area (Å²) in [5.41, 5.74) is 2.19. The van der Waals surface area contributed by atoms with Crippen LogP contribution in [0.5, 0.6) is 5.75 Å². The first-order valence-electron chi connectivity index (χ1n) is 13.0. The minimum Gasteiger partial charge on any atom is -0.484 e. The summed E-state index contributed by atoms with van der Waals surface area (Å²) in [4.78, 5) is 48.9. The number of carboxylic acid groups (broad SMARTS) is 1. The molecule has 0 bridgehead atoms. The molecule has 0 radical (unpaired) electrons. The zero-order valence-electron chi connectivity index (χ0n) is 22.0. The predicted molar refractivity (Wildman–Crippen MR) is 146 cm³/mol. The van der Waals surface area contributed by atoms with E-state index in [1.807, 2.05) is 42.5 Å². The van der Waals surface area contributed by atoms with Crippen molar-refractivity contribution in [3.05, 3.63) is 95.8 Å². The number of ether oxygens (including phenoxy) is 1. The predicted octanol–water partition coefficient (Wildman–Crippen LogP) is 2.74. The molecule has 3 atom stereocenters. The van der Waals surface area contributed by atoms with Crippen LogP contribution < -0.4 is 20.3 Å². The van der Waals surface area contributed by atoms with E-state index in [4.69, 9.17) is 9.84 Å². The SMILES string of the molecule is O=C(O)CNC(=O)CNC(=O)COc1ccc([C@@H]2[C@@H](CC[C@H](O)c3ccc(F)cc3)C(=O)N2c2ccccc2)cc1. The van der Waals surface area contributed by atoms with Crippen molar-refractivity contribution in [1.29, 1.82) is 0 Å². The smallest absolute Gasteiger partial charge is 0.322 e. The second kappa shape index (κ2) is 13.5. The molecule has 0 aromatic heterocycles. The first-order valence-corrected chi connectivity index (χ1v) is 13.0. The highest BCUT2D eigenvalue weighted by molar-refractivity contribution is 6.03. The van der Waals surface area contributed by atoms with Crippen LogP contribution in [0, 0.1) is 11.7 Å². The van der Waals surface area contributed by atoms with Crippen molar-refractivity contribution in [3.8, 4) is 5.75 Å². The normalized spacial score (nSPS) is 16.8. The molecule has 4 N–H and O–H groups in total. The second-order valence-electron chi connectivity index (χ2n) is 9.54. The summed E-state index contributed by atoms with van der Waals surface area (Å²) < 4.78 is 18.8. The van der Waals surface area contributed by atoms with E-state index in [1.165, 1.54) is 24.3 Å². The van der Waals surface area contributed by atoms with Gasteiger partial charge in [-0.1, -0.05) is 42.5 Å². The minimum absolute atomic E-state index is 0.0584. The van der Waals surface area contributed by atoms with Gasteiger partial charge in [-0.15, -0.1) is 0 Å². The lowest BCUT2D eigenvalue weighted by Gasteiger charge is -2.48. The van der Waals surface area contributed by atoms with E-state index in [2.05, 4.69) is 10.6 Å². The minimum atomic E-state index is -1.19. The van der Waals surface area contributed by atoms with Crippen LogP contribution in [-0.2, 0) is 19.2 Å². The molecule has 4 rings (SSSR count). The van der Waals surface area contributed by atoms with Crippen molar-refractivity contribution in [2.24, 2.45) is 5.92 Å². The van der Waals surface area contributed by atoms with Gasteiger partial charge in [0.25, 0.3) is 5.91 Å². The lowest BCUT2D eigenvalue weighted by molar-refractivity contribution is -0.137. The molecule has 0 unspecified atom stereocenters. The summed E-state index contributed by atoms with van der Waals surface area (Å²) >= 11 is 0. The number of hydrogen-bond donors (Lipinski definition) is 4. The van der Waals surface area contributed by atoms with Crippen molar-refractivity contribution in [3.63, 3.8) is 0 Å². The van der Waals surface area contributed by atoms with Gasteiger partial charge in [0.15, 0.2) is 6.61 Å². The van der Waals surface area contributed by atoms with Gasteiger partial charge < -0.3 is 30.5 Å². The topological polar surface area (TPSA) is 145 Å². The van der Waals surface area contributed by atoms with Crippen LogP contribution in [-0.4, -0.2) is 53.6 Å². The van der Waals surface area contributed by atoms with Crippen LogP contribution in [0.15, 0.2) is 78.9 Å². The van der Waals surface area contributed by atoms with E-state index >= 15 is 0 Å². The highest BCUT2D eigenvalue weighted by atomic mass is 19.1. The number of hydrogen-bond acceptors (Lipinski definition) is 6. The molecule has 0 aliphatic carbocycles. The maximum Gasteiger partial charge on any atom is 0.322 e. The Bertz CT molecular complexity index is 1370. The molecule has 1 aliphatic rings. The number of amides is 3. The fraction of sp³-hybridized carbons (Fsp3) is 0.267. The summed E-state index contributed by atoms with van der Waals surface area (Å²) in [5, 5.41) is 23.7. The van der Waals surface area contributed by atoms with Gasteiger partial charge in [0.05, 0.1) is 24.6 Å². The summed E-state index contributed by atoms with van der Waals surface area (Å²) in [5.74, 6) is -2.81. The van der Waals surface area contributed by atoms with Gasteiger partial charge in [-0.2, -0.15) is 0 Å². The Morgan fingerprint density at radius 3 is 2.22 bits per heavy atom. The lowest BCUT2D eigenvalue weighted by Crippen LogP contribution is -2.55. The number of aliphatic hydroxyl groups is 1. The van der Waals surface area contributed by atoms with E-state index < -0.39 is 30.4 Å². The molecular weight excluding hydrogens is 533 g/mol. The third-order valence-corrected chi connectivity index (χ3v) is 6.73. The molecular formula is C30H30FN3O7. The zero-order valence-corrected chi connectivity index (χ0v) is 22.0. The maximum atomic E-state index is 13.3. The van der Waals surface area contributed by atoms with Crippen LogP contribution in [0.3, 0.4) is 0 Å². The summed E-state index contributed by atoms with van der Waals surface area (Å²) in [6.45, 7) is -1.27. The number of benzene rings is 3. The average Bonchev–Trinajstić information content (AvgIpc) is 2.97. The molecule has 1 aliphatic heterocycles. The van der Waals surface area contributed by atoms with Gasteiger partial charge in [-0.05, 0) is 60.4 Å². The highest BCUT2D eigenvalue weighted by Crippen LogP contribution is 2.46. The first-order chi connectivity index (χ1) is 19.7. The monoisotopic (exact) mass is 563 g/mol. The highest BCUT2D eigenvalue weighted by Gasteiger charge is 2.48. The fourth-order valence-electron chi connectivity index (χ4n) is 4.65. The van der Waals surface area contributed by atoms with Crippen LogP contribution in [0.2, 0.25) is 0 Å². The molecule has 41 heavy (non-hydrogen) atoms. The zero-order chi connectivity index (χ0) is 29.4. The molecule has 1 saturated heterocycles. The standard InChI is InChI=1S/C30H30FN3O7/c31-21-10-6-19(7-11-21)25(35)15-14-24-29(34(30(24)40)22-4-2-1-3-5-22)20-8-12-23(13-9-20)41-18-27(37)32-16-26(36)33-17-28(38)39/h1-13,24-25,29,35H,14-18H2,(H,32,37)(H,33,36)(H,38,39)/t24-,25+,29-/m1/s1. The largest absolute Gasteiger partial charge is 0.484 e. The van der Waals surface area contributed by atoms with E-state index in [1.54, 1.807) is 17.0 Å². The molecule has 1 fully saturated rings. The fourth-order valence-corrected chi connectivity index (χ4v) is 4.65. The Kier molecular flexibility index (Phi) is 9.64. The number of nitrogens with zero attached hydrogens (tertiary/aromatic N) is 1. The van der Waals surface area contributed by atoms with Crippen molar-refractivity contribution < 1.29 is 38.5 Å². The average molecular weight is 564 g/mol. The number of nitrogens with one attached hydrogen (secondary N) is 2. The van der Waals surface area contributed by atoms with E-state index in [0.29, 0.717) is 24.2 Å². The molecule has 11 heteroatoms. The second-order valence-corrected chi connectivity index (χ2v) is 9.54. The van der Waals surface area contributed by atoms with Gasteiger partial charge >= 0.3 is 5.97 Å². The number of anilines is 1. The van der Waals surface area contributed by atoms with Gasteiger partial charge in [0.2, 0.25) is 11.8 Å². The van der Waals surface area contributed by atoms with E-state index in [0.717, 1.165) is 11.3 Å². The molecule has 3 amide bonds. The Morgan fingerprint density at radius 1 is 0.902 bits per heavy atom. The van der Waals surface area contributed by atoms with Gasteiger partial charge in [-0.3, -0.25) is 19.2 Å². The van der Waals surface area contributed by atoms with Crippen molar-refractivity contribution in [2.45, 2.75) is 25.0 Å². The van der Waals surface area contributed by atoms with Crippen molar-refractivity contribution in [2.75, 3.05) is 24.6 Å². The summed E-state index contributed by atoms with van der Waals surface area (Å²) in [6, 6.07) is 21.6. The first kappa shape index (κ1) is 29.2. The number of para-hydroxylation sites is 1. The molecule has 0 saturated carbocycles. The van der Waals surface area contributed by atoms with E-state index in [9.17, 15) is 28.7 Å². The molecule has 3 aromatic rings. The lowest BCUT2D eigenvalue weighted by atomic mass is 9.78. The Balaban J connectivity index is 1.38.